The Hall–Kier alpha value is -0.680. The van der Waals surface area contributed by atoms with Gasteiger partial charge in [0.05, 0.1) is 5.56 Å². The zero-order chi connectivity index (χ0) is 12.7. The highest BCUT2D eigenvalue weighted by Crippen LogP contribution is 2.21. The SMILES string of the molecule is CCSCCCNC(=O)c1cc(Br)ccc1O. The van der Waals surface area contributed by atoms with Gasteiger partial charge in [-0.3, -0.25) is 4.79 Å². The summed E-state index contributed by atoms with van der Waals surface area (Å²) in [6.45, 7) is 2.75. The second kappa shape index (κ2) is 7.61. The maximum absolute atomic E-state index is 11.8. The Morgan fingerprint density at radius 1 is 1.53 bits per heavy atom. The fourth-order valence-electron chi connectivity index (χ4n) is 1.31. The van der Waals surface area contributed by atoms with E-state index in [0.717, 1.165) is 22.4 Å². The number of amides is 1. The van der Waals surface area contributed by atoms with Crippen molar-refractivity contribution in [3.63, 3.8) is 0 Å². The second-order valence-corrected chi connectivity index (χ2v) is 5.78. The highest BCUT2D eigenvalue weighted by molar-refractivity contribution is 9.10. The molecule has 1 aromatic carbocycles. The zero-order valence-electron chi connectivity index (χ0n) is 9.70. The number of nitrogens with one attached hydrogen (secondary N) is 1. The number of hydrogen-bond acceptors (Lipinski definition) is 3. The number of carbonyl (C=O) groups is 1. The quantitative estimate of drug-likeness (QED) is 0.793. The largest absolute Gasteiger partial charge is 0.507 e. The number of hydrogen-bond donors (Lipinski definition) is 2. The molecule has 17 heavy (non-hydrogen) atoms. The highest BCUT2D eigenvalue weighted by Gasteiger charge is 2.10. The molecule has 0 aliphatic rings. The summed E-state index contributed by atoms with van der Waals surface area (Å²) in [5.74, 6) is 1.92. The summed E-state index contributed by atoms with van der Waals surface area (Å²) in [7, 11) is 0. The molecule has 0 unspecified atom stereocenters. The maximum atomic E-state index is 11.8. The van der Waals surface area contributed by atoms with Crippen LogP contribution in [-0.2, 0) is 0 Å². The molecule has 3 nitrogen and oxygen atoms in total. The molecule has 5 heteroatoms. The average molecular weight is 318 g/mol. The molecule has 0 bridgehead atoms. The van der Waals surface area contributed by atoms with Gasteiger partial charge in [-0.2, -0.15) is 11.8 Å². The van der Waals surface area contributed by atoms with Gasteiger partial charge < -0.3 is 10.4 Å². The smallest absolute Gasteiger partial charge is 0.255 e. The first-order chi connectivity index (χ1) is 8.15. The molecule has 0 atom stereocenters. The number of thioether (sulfide) groups is 1. The fourth-order valence-corrected chi connectivity index (χ4v) is 2.30. The van der Waals surface area contributed by atoms with Crippen LogP contribution in [0.1, 0.15) is 23.7 Å². The van der Waals surface area contributed by atoms with Crippen LogP contribution in [0.4, 0.5) is 0 Å². The van der Waals surface area contributed by atoms with Crippen LogP contribution >= 0.6 is 27.7 Å². The molecular weight excluding hydrogens is 302 g/mol. The Labute approximate surface area is 114 Å². The van der Waals surface area contributed by atoms with Gasteiger partial charge in [-0.25, -0.2) is 0 Å². The summed E-state index contributed by atoms with van der Waals surface area (Å²) >= 11 is 5.13. The van der Waals surface area contributed by atoms with E-state index in [0.29, 0.717) is 12.1 Å². The van der Waals surface area contributed by atoms with Crippen molar-refractivity contribution >= 4 is 33.6 Å². The third kappa shape index (κ3) is 5.00. The molecule has 0 radical (unpaired) electrons. The van der Waals surface area contributed by atoms with Gasteiger partial charge in [0.2, 0.25) is 0 Å². The maximum Gasteiger partial charge on any atom is 0.255 e. The second-order valence-electron chi connectivity index (χ2n) is 3.47. The first kappa shape index (κ1) is 14.4. The molecule has 0 saturated carbocycles. The first-order valence-electron chi connectivity index (χ1n) is 5.49. The van der Waals surface area contributed by atoms with Crippen molar-refractivity contribution in [1.29, 1.82) is 0 Å². The molecule has 0 aliphatic heterocycles. The summed E-state index contributed by atoms with van der Waals surface area (Å²) < 4.78 is 0.780. The van der Waals surface area contributed by atoms with Gasteiger partial charge in [0.1, 0.15) is 5.75 Å². The van der Waals surface area contributed by atoms with E-state index in [1.165, 1.54) is 6.07 Å². The van der Waals surface area contributed by atoms with Crippen LogP contribution in [0, 0.1) is 0 Å². The van der Waals surface area contributed by atoms with Crippen LogP contribution in [0.2, 0.25) is 0 Å². The fraction of sp³-hybridized carbons (Fsp3) is 0.417. The van der Waals surface area contributed by atoms with E-state index in [1.54, 1.807) is 12.1 Å². The lowest BCUT2D eigenvalue weighted by molar-refractivity contribution is 0.0951. The summed E-state index contributed by atoms with van der Waals surface area (Å²) in [5.41, 5.74) is 0.308. The van der Waals surface area contributed by atoms with Gasteiger partial charge in [-0.15, -0.1) is 0 Å². The van der Waals surface area contributed by atoms with E-state index >= 15 is 0 Å². The van der Waals surface area contributed by atoms with Crippen LogP contribution in [0.25, 0.3) is 0 Å². The lowest BCUT2D eigenvalue weighted by Gasteiger charge is -2.07. The van der Waals surface area contributed by atoms with Crippen molar-refractivity contribution in [3.05, 3.63) is 28.2 Å². The summed E-state index contributed by atoms with van der Waals surface area (Å²) in [6.07, 6.45) is 0.943. The molecule has 0 saturated heterocycles. The van der Waals surface area contributed by atoms with E-state index in [2.05, 4.69) is 28.2 Å². The molecule has 0 aromatic heterocycles. The van der Waals surface area contributed by atoms with Crippen molar-refractivity contribution in [2.24, 2.45) is 0 Å². The summed E-state index contributed by atoms with van der Waals surface area (Å²) in [6, 6.07) is 4.82. The molecule has 1 amide bonds. The van der Waals surface area contributed by atoms with Crippen LogP contribution in [0.5, 0.6) is 5.75 Å². The highest BCUT2D eigenvalue weighted by atomic mass is 79.9. The minimum absolute atomic E-state index is 0.00799. The molecule has 1 rings (SSSR count). The minimum Gasteiger partial charge on any atom is -0.507 e. The normalized spacial score (nSPS) is 10.2. The number of rotatable bonds is 6. The van der Waals surface area contributed by atoms with Crippen molar-refractivity contribution in [2.75, 3.05) is 18.1 Å². The van der Waals surface area contributed by atoms with Crippen molar-refractivity contribution in [2.45, 2.75) is 13.3 Å². The Balaban J connectivity index is 2.44. The van der Waals surface area contributed by atoms with Crippen molar-refractivity contribution in [1.82, 2.24) is 5.32 Å². The van der Waals surface area contributed by atoms with Gasteiger partial charge >= 0.3 is 0 Å². The van der Waals surface area contributed by atoms with Crippen LogP contribution in [0.15, 0.2) is 22.7 Å². The van der Waals surface area contributed by atoms with E-state index in [-0.39, 0.29) is 11.7 Å². The predicted molar refractivity (Wildman–Crippen MR) is 75.8 cm³/mol. The van der Waals surface area contributed by atoms with E-state index < -0.39 is 0 Å². The van der Waals surface area contributed by atoms with Crippen molar-refractivity contribution in [3.8, 4) is 5.75 Å². The number of phenols is 1. The Bertz CT molecular complexity index is 385. The molecule has 0 spiro atoms. The van der Waals surface area contributed by atoms with E-state index in [9.17, 15) is 9.90 Å². The average Bonchev–Trinajstić information content (AvgIpc) is 2.32. The Kier molecular flexibility index (Phi) is 6.44. The molecule has 0 aliphatic carbocycles. The van der Waals surface area contributed by atoms with Gasteiger partial charge in [-0.1, -0.05) is 22.9 Å². The van der Waals surface area contributed by atoms with Gasteiger partial charge in [0.15, 0.2) is 0 Å². The van der Waals surface area contributed by atoms with Gasteiger partial charge in [0, 0.05) is 11.0 Å². The number of benzene rings is 1. The van der Waals surface area contributed by atoms with Crippen LogP contribution in [-0.4, -0.2) is 29.1 Å². The zero-order valence-corrected chi connectivity index (χ0v) is 12.1. The van der Waals surface area contributed by atoms with Crippen LogP contribution < -0.4 is 5.32 Å². The first-order valence-corrected chi connectivity index (χ1v) is 7.44. The molecule has 94 valence electrons. The third-order valence-corrected chi connectivity index (χ3v) is 3.64. The lowest BCUT2D eigenvalue weighted by Crippen LogP contribution is -2.24. The standard InChI is InChI=1S/C12H16BrNO2S/c1-2-17-7-3-6-14-12(16)10-8-9(13)4-5-11(10)15/h4-5,8,15H,2-3,6-7H2,1H3,(H,14,16). The number of phenolic OH excluding ortho intramolecular Hbond substituents is 1. The topological polar surface area (TPSA) is 49.3 Å². The Morgan fingerprint density at radius 2 is 2.29 bits per heavy atom. The van der Waals surface area contributed by atoms with Crippen molar-refractivity contribution < 1.29 is 9.90 Å². The molecule has 0 fully saturated rings. The number of aromatic hydroxyl groups is 1. The number of carbonyl (C=O) groups excluding carboxylic acids is 1. The molecular formula is C12H16BrNO2S. The summed E-state index contributed by atoms with van der Waals surface area (Å²) in [5, 5.41) is 12.4. The predicted octanol–water partition coefficient (Wildman–Crippen LogP) is 3.03. The summed E-state index contributed by atoms with van der Waals surface area (Å²) in [4.78, 5) is 11.8. The van der Waals surface area contributed by atoms with Gasteiger partial charge in [-0.05, 0) is 36.1 Å². The lowest BCUT2D eigenvalue weighted by atomic mass is 10.2. The Morgan fingerprint density at radius 3 is 3.00 bits per heavy atom. The van der Waals surface area contributed by atoms with Crippen LogP contribution in [0.3, 0.4) is 0 Å². The monoisotopic (exact) mass is 317 g/mol. The third-order valence-electron chi connectivity index (χ3n) is 2.16. The minimum atomic E-state index is -0.231. The molecule has 0 heterocycles. The molecule has 2 N–H and O–H groups in total. The molecule has 1 aromatic rings. The van der Waals surface area contributed by atoms with Gasteiger partial charge in [0.25, 0.3) is 5.91 Å². The van der Waals surface area contributed by atoms with E-state index in [4.69, 9.17) is 0 Å². The van der Waals surface area contributed by atoms with E-state index in [1.807, 2.05) is 11.8 Å². The number of halogens is 1.